The molecule has 5 nitrogen and oxygen atoms in total. The fraction of sp³-hybridized carbons (Fsp3) is 0.185. The summed E-state index contributed by atoms with van der Waals surface area (Å²) in [6.07, 6.45) is 1.79. The number of halogens is 2. The molecule has 1 amide bonds. The predicted molar refractivity (Wildman–Crippen MR) is 152 cm³/mol. The Morgan fingerprint density at radius 1 is 1.00 bits per heavy atom. The van der Waals surface area contributed by atoms with Crippen molar-refractivity contribution >= 4 is 72.1 Å². The van der Waals surface area contributed by atoms with Crippen LogP contribution in [0.5, 0.6) is 11.5 Å². The highest BCUT2D eigenvalue weighted by Crippen LogP contribution is 2.45. The number of carbonyl (C=O) groups excluding carboxylic acids is 1. The maximum absolute atomic E-state index is 13.8. The zero-order valence-electron chi connectivity index (χ0n) is 19.9. The minimum absolute atomic E-state index is 0.0129. The van der Waals surface area contributed by atoms with E-state index in [9.17, 15) is 9.90 Å². The van der Waals surface area contributed by atoms with Gasteiger partial charge in [0.2, 0.25) is 0 Å². The first kappa shape index (κ1) is 25.5. The number of benzene rings is 3. The minimum Gasteiger partial charge on any atom is -0.503 e. The van der Waals surface area contributed by atoms with Crippen LogP contribution in [0.25, 0.3) is 6.08 Å². The molecule has 0 aromatic heterocycles. The molecule has 3 aromatic rings. The molecule has 0 bridgehead atoms. The fourth-order valence-corrected chi connectivity index (χ4v) is 5.53. The summed E-state index contributed by atoms with van der Waals surface area (Å²) in [7, 11) is 1.49. The average molecular weight is 616 g/mol. The summed E-state index contributed by atoms with van der Waals surface area (Å²) in [5.74, 6) is 0.127. The fourth-order valence-electron chi connectivity index (χ4n) is 3.71. The second kappa shape index (κ2) is 10.2. The van der Waals surface area contributed by atoms with Crippen molar-refractivity contribution in [1.29, 1.82) is 0 Å². The quantitative estimate of drug-likeness (QED) is 0.302. The summed E-state index contributed by atoms with van der Waals surface area (Å²) in [4.78, 5) is 20.9. The molecule has 0 aliphatic carbocycles. The highest BCUT2D eigenvalue weighted by Gasteiger charge is 2.36. The molecule has 0 unspecified atom stereocenters. The van der Waals surface area contributed by atoms with E-state index in [1.165, 1.54) is 18.9 Å². The van der Waals surface area contributed by atoms with Crippen LogP contribution in [0.3, 0.4) is 0 Å². The topological polar surface area (TPSA) is 62.1 Å². The number of methoxy groups -OCH3 is 1. The van der Waals surface area contributed by atoms with Gasteiger partial charge in [0.15, 0.2) is 16.7 Å². The number of thioether (sulfide) groups is 1. The van der Waals surface area contributed by atoms with Crippen LogP contribution in [-0.4, -0.2) is 23.3 Å². The Hall–Kier alpha value is -2.55. The first-order chi connectivity index (χ1) is 16.6. The van der Waals surface area contributed by atoms with E-state index >= 15 is 0 Å². The van der Waals surface area contributed by atoms with E-state index in [2.05, 4.69) is 31.9 Å². The van der Waals surface area contributed by atoms with Gasteiger partial charge in [-0.2, -0.15) is 0 Å². The largest absolute Gasteiger partial charge is 0.503 e. The Kier molecular flexibility index (Phi) is 7.45. The lowest BCUT2D eigenvalue weighted by Gasteiger charge is -2.19. The normalized spacial score (nSPS) is 16.0. The number of rotatable bonds is 4. The average Bonchev–Trinajstić information content (AvgIpc) is 3.13. The molecule has 1 aliphatic heterocycles. The third kappa shape index (κ3) is 4.79. The number of amides is 1. The summed E-state index contributed by atoms with van der Waals surface area (Å²) in [5, 5.41) is 10.9. The second-order valence-corrected chi connectivity index (χ2v) is 10.8. The van der Waals surface area contributed by atoms with Gasteiger partial charge in [0.05, 0.1) is 27.9 Å². The Morgan fingerprint density at radius 2 is 1.66 bits per heavy atom. The number of aromatic hydroxyl groups is 1. The number of aryl methyl sites for hydroxylation is 2. The Balaban J connectivity index is 1.89. The number of phenolic OH excluding ortho intramolecular Hbond substituents is 1. The van der Waals surface area contributed by atoms with E-state index in [0.717, 1.165) is 33.6 Å². The summed E-state index contributed by atoms with van der Waals surface area (Å²) >= 11 is 8.23. The van der Waals surface area contributed by atoms with Gasteiger partial charge in [-0.1, -0.05) is 24.3 Å². The molecule has 35 heavy (non-hydrogen) atoms. The number of ether oxygens (including phenoxy) is 1. The van der Waals surface area contributed by atoms with Crippen LogP contribution in [0.15, 0.2) is 61.3 Å². The molecule has 8 heteroatoms. The molecule has 1 aliphatic rings. The van der Waals surface area contributed by atoms with Gasteiger partial charge in [-0.05, 0) is 123 Å². The summed E-state index contributed by atoms with van der Waals surface area (Å²) in [6.45, 7) is 8.13. The lowest BCUT2D eigenvalue weighted by atomic mass is 10.1. The molecule has 0 spiro atoms. The van der Waals surface area contributed by atoms with Crippen molar-refractivity contribution in [2.24, 2.45) is 4.99 Å². The minimum atomic E-state index is -0.164. The predicted octanol–water partition coefficient (Wildman–Crippen LogP) is 7.97. The van der Waals surface area contributed by atoms with E-state index < -0.39 is 0 Å². The highest BCUT2D eigenvalue weighted by atomic mass is 79.9. The third-order valence-electron chi connectivity index (χ3n) is 6.10. The standard InChI is InChI=1S/C27H24Br2N2O3S/c1-14-8-6-10-19(16(14)3)30-27-31(20-11-7-9-15(2)17(20)4)26(33)22(35-27)13-18-12-21(34-5)25(32)24(29)23(18)28/h6-13,32H,1-5H3/b22-13+,30-27?. The van der Waals surface area contributed by atoms with Gasteiger partial charge in [0, 0.05) is 4.47 Å². The zero-order valence-corrected chi connectivity index (χ0v) is 23.9. The van der Waals surface area contributed by atoms with Crippen LogP contribution >= 0.6 is 43.6 Å². The van der Waals surface area contributed by atoms with Crippen molar-refractivity contribution < 1.29 is 14.6 Å². The molecule has 0 atom stereocenters. The SMILES string of the molecule is COc1cc(/C=C2/SC(=Nc3cccc(C)c3C)N(c3cccc(C)c3C)C2=O)c(Br)c(Br)c1O. The molecule has 0 saturated carbocycles. The van der Waals surface area contributed by atoms with Crippen LogP contribution < -0.4 is 9.64 Å². The number of aliphatic imine (C=N–C) groups is 1. The van der Waals surface area contributed by atoms with Gasteiger partial charge in [0.1, 0.15) is 0 Å². The Bertz CT molecular complexity index is 1420. The van der Waals surface area contributed by atoms with Gasteiger partial charge >= 0.3 is 0 Å². The van der Waals surface area contributed by atoms with Crippen LogP contribution in [-0.2, 0) is 4.79 Å². The zero-order chi connectivity index (χ0) is 25.4. The summed E-state index contributed by atoms with van der Waals surface area (Å²) in [5.41, 5.74) is 6.65. The molecule has 1 fully saturated rings. The lowest BCUT2D eigenvalue weighted by Crippen LogP contribution is -2.29. The Labute approximate surface area is 226 Å². The maximum Gasteiger partial charge on any atom is 0.271 e. The molecule has 1 N–H and O–H groups in total. The van der Waals surface area contributed by atoms with E-state index in [1.54, 1.807) is 17.0 Å². The third-order valence-corrected chi connectivity index (χ3v) is 9.22. The van der Waals surface area contributed by atoms with Crippen LogP contribution in [0, 0.1) is 27.7 Å². The lowest BCUT2D eigenvalue weighted by molar-refractivity contribution is -0.113. The molecular formula is C27H24Br2N2O3S. The molecular weight excluding hydrogens is 592 g/mol. The van der Waals surface area contributed by atoms with Crippen LogP contribution in [0.2, 0.25) is 0 Å². The number of carbonyl (C=O) groups is 1. The number of anilines is 1. The second-order valence-electron chi connectivity index (χ2n) is 8.23. The van der Waals surface area contributed by atoms with Gasteiger partial charge in [0.25, 0.3) is 5.91 Å². The molecule has 1 saturated heterocycles. The highest BCUT2D eigenvalue weighted by molar-refractivity contribution is 9.13. The van der Waals surface area contributed by atoms with Crippen molar-refractivity contribution in [3.63, 3.8) is 0 Å². The number of amidine groups is 1. The smallest absolute Gasteiger partial charge is 0.271 e. The van der Waals surface area contributed by atoms with Gasteiger partial charge in [-0.25, -0.2) is 4.99 Å². The van der Waals surface area contributed by atoms with E-state index in [-0.39, 0.29) is 11.7 Å². The maximum atomic E-state index is 13.8. The van der Waals surface area contributed by atoms with Gasteiger partial charge in [-0.15, -0.1) is 0 Å². The van der Waals surface area contributed by atoms with Gasteiger partial charge < -0.3 is 9.84 Å². The molecule has 4 rings (SSSR count). The summed E-state index contributed by atoms with van der Waals surface area (Å²) in [6, 6.07) is 13.6. The number of hydrogen-bond donors (Lipinski definition) is 1. The van der Waals surface area contributed by atoms with E-state index in [0.29, 0.717) is 30.3 Å². The monoisotopic (exact) mass is 614 g/mol. The Morgan fingerprint density at radius 3 is 2.34 bits per heavy atom. The van der Waals surface area contributed by atoms with Crippen molar-refractivity contribution in [2.75, 3.05) is 12.0 Å². The first-order valence-electron chi connectivity index (χ1n) is 10.8. The van der Waals surface area contributed by atoms with Crippen molar-refractivity contribution in [1.82, 2.24) is 0 Å². The molecule has 3 aromatic carbocycles. The van der Waals surface area contributed by atoms with Gasteiger partial charge in [-0.3, -0.25) is 9.69 Å². The number of phenols is 1. The summed E-state index contributed by atoms with van der Waals surface area (Å²) < 4.78 is 6.37. The van der Waals surface area contributed by atoms with E-state index in [1.807, 2.05) is 64.1 Å². The van der Waals surface area contributed by atoms with Crippen molar-refractivity contribution in [2.45, 2.75) is 27.7 Å². The van der Waals surface area contributed by atoms with Crippen LogP contribution in [0.4, 0.5) is 11.4 Å². The molecule has 0 radical (unpaired) electrons. The molecule has 1 heterocycles. The number of nitrogens with zero attached hydrogens (tertiary/aromatic N) is 2. The van der Waals surface area contributed by atoms with Crippen LogP contribution in [0.1, 0.15) is 27.8 Å². The number of hydrogen-bond acceptors (Lipinski definition) is 5. The van der Waals surface area contributed by atoms with Crippen molar-refractivity contribution in [3.8, 4) is 11.5 Å². The molecule has 180 valence electrons. The van der Waals surface area contributed by atoms with Crippen molar-refractivity contribution in [3.05, 3.63) is 84.1 Å². The first-order valence-corrected chi connectivity index (χ1v) is 13.2. The van der Waals surface area contributed by atoms with E-state index in [4.69, 9.17) is 9.73 Å².